The van der Waals surface area contributed by atoms with E-state index in [-0.39, 0.29) is 23.7 Å². The SMILES string of the molecule is CC(C)(C)C(OC(=O)N[C@@H](CC1CCCCC1)C(=O)NC(CC(=O)O)[C@@H]1CCNC1=O)c1ccccc1. The zero-order valence-electron chi connectivity index (χ0n) is 22.1. The van der Waals surface area contributed by atoms with E-state index in [1.807, 2.05) is 51.1 Å². The second kappa shape index (κ2) is 12.9. The molecule has 0 radical (unpaired) electrons. The summed E-state index contributed by atoms with van der Waals surface area (Å²) in [6.07, 6.45) is 4.53. The molecule has 9 heteroatoms. The van der Waals surface area contributed by atoms with Crippen LogP contribution in [0.3, 0.4) is 0 Å². The minimum Gasteiger partial charge on any atom is -0.481 e. The van der Waals surface area contributed by atoms with Gasteiger partial charge in [0.05, 0.1) is 18.4 Å². The standard InChI is InChI=1S/C28H41N3O6/c1-28(2,3)24(19-12-8-5-9-13-19)37-27(36)31-22(16-18-10-6-4-7-11-18)26(35)30-21(17-23(32)33)20-14-15-29-25(20)34/h5,8-9,12-13,18,20-22,24H,4,6-7,10-11,14-17H2,1-3H3,(H,29,34)(H,30,35)(H,31,36)(H,32,33)/t20-,21?,22-,24?/m0/s1. The Morgan fingerprint density at radius 1 is 1.05 bits per heavy atom. The lowest BCUT2D eigenvalue weighted by atomic mass is 9.84. The highest BCUT2D eigenvalue weighted by Gasteiger charge is 2.37. The monoisotopic (exact) mass is 515 g/mol. The molecule has 2 aliphatic rings. The lowest BCUT2D eigenvalue weighted by Crippen LogP contribution is -2.53. The molecule has 4 atom stereocenters. The molecule has 3 amide bonds. The number of aliphatic carboxylic acids is 1. The molecule has 204 valence electrons. The maximum atomic E-state index is 13.5. The largest absolute Gasteiger partial charge is 0.481 e. The summed E-state index contributed by atoms with van der Waals surface area (Å²) in [6.45, 7) is 6.38. The van der Waals surface area contributed by atoms with Crippen LogP contribution < -0.4 is 16.0 Å². The maximum absolute atomic E-state index is 13.5. The lowest BCUT2D eigenvalue weighted by molar-refractivity contribution is -0.138. The number of amides is 3. The third kappa shape index (κ3) is 8.47. The maximum Gasteiger partial charge on any atom is 0.408 e. The molecule has 1 aliphatic carbocycles. The Morgan fingerprint density at radius 2 is 1.73 bits per heavy atom. The fourth-order valence-corrected chi connectivity index (χ4v) is 5.41. The molecule has 0 spiro atoms. The number of ether oxygens (including phenoxy) is 1. The van der Waals surface area contributed by atoms with E-state index in [9.17, 15) is 24.3 Å². The highest BCUT2D eigenvalue weighted by Crippen LogP contribution is 2.36. The van der Waals surface area contributed by atoms with Crippen LogP contribution >= 0.6 is 0 Å². The first-order chi connectivity index (χ1) is 17.5. The van der Waals surface area contributed by atoms with Crippen LogP contribution in [0.1, 0.15) is 83.8 Å². The van der Waals surface area contributed by atoms with Crippen molar-refractivity contribution >= 4 is 23.9 Å². The second-order valence-corrected chi connectivity index (χ2v) is 11.4. The Labute approximate surface area is 219 Å². The lowest BCUT2D eigenvalue weighted by Gasteiger charge is -2.32. The minimum atomic E-state index is -1.10. The van der Waals surface area contributed by atoms with Crippen molar-refractivity contribution in [1.82, 2.24) is 16.0 Å². The van der Waals surface area contributed by atoms with Crippen LogP contribution in [0.25, 0.3) is 0 Å². The number of carbonyl (C=O) groups is 4. The number of carboxylic acid groups (broad SMARTS) is 1. The summed E-state index contributed by atoms with van der Waals surface area (Å²) in [5.74, 6) is -2.20. The van der Waals surface area contributed by atoms with Gasteiger partial charge in [-0.3, -0.25) is 14.4 Å². The Morgan fingerprint density at radius 3 is 2.30 bits per heavy atom. The molecular formula is C28H41N3O6. The van der Waals surface area contributed by atoms with E-state index in [2.05, 4.69) is 16.0 Å². The van der Waals surface area contributed by atoms with Gasteiger partial charge in [-0.25, -0.2) is 4.79 Å². The summed E-state index contributed by atoms with van der Waals surface area (Å²) >= 11 is 0. The number of hydrogen-bond donors (Lipinski definition) is 4. The molecule has 1 heterocycles. The smallest absolute Gasteiger partial charge is 0.408 e. The van der Waals surface area contributed by atoms with Crippen molar-refractivity contribution in [2.45, 2.75) is 90.3 Å². The molecule has 4 N–H and O–H groups in total. The molecule has 1 aliphatic heterocycles. The first-order valence-electron chi connectivity index (χ1n) is 13.4. The highest BCUT2D eigenvalue weighted by atomic mass is 16.6. The fraction of sp³-hybridized carbons (Fsp3) is 0.643. The van der Waals surface area contributed by atoms with Crippen molar-refractivity contribution in [3.05, 3.63) is 35.9 Å². The summed E-state index contributed by atoms with van der Waals surface area (Å²) in [4.78, 5) is 50.3. The van der Waals surface area contributed by atoms with Crippen molar-refractivity contribution in [3.8, 4) is 0 Å². The van der Waals surface area contributed by atoms with E-state index in [0.29, 0.717) is 19.4 Å². The van der Waals surface area contributed by atoms with Gasteiger partial charge in [0, 0.05) is 12.0 Å². The van der Waals surface area contributed by atoms with E-state index in [4.69, 9.17) is 4.74 Å². The molecule has 2 unspecified atom stereocenters. The quantitative estimate of drug-likeness (QED) is 0.373. The topological polar surface area (TPSA) is 134 Å². The molecular weight excluding hydrogens is 474 g/mol. The van der Waals surface area contributed by atoms with Gasteiger partial charge in [-0.05, 0) is 24.3 Å². The molecule has 3 rings (SSSR count). The van der Waals surface area contributed by atoms with Gasteiger partial charge in [0.15, 0.2) is 0 Å². The first kappa shape index (κ1) is 28.5. The molecule has 1 aromatic carbocycles. The van der Waals surface area contributed by atoms with E-state index < -0.39 is 42.1 Å². The fourth-order valence-electron chi connectivity index (χ4n) is 5.41. The van der Waals surface area contributed by atoms with E-state index in [1.165, 1.54) is 0 Å². The van der Waals surface area contributed by atoms with Crippen LogP contribution in [0, 0.1) is 17.3 Å². The third-order valence-corrected chi connectivity index (χ3v) is 7.32. The van der Waals surface area contributed by atoms with Gasteiger partial charge in [0.1, 0.15) is 12.1 Å². The Kier molecular flexibility index (Phi) is 9.94. The predicted molar refractivity (Wildman–Crippen MR) is 139 cm³/mol. The van der Waals surface area contributed by atoms with Crippen LogP contribution in [0.15, 0.2) is 30.3 Å². The minimum absolute atomic E-state index is 0.265. The van der Waals surface area contributed by atoms with Crippen LogP contribution in [0.2, 0.25) is 0 Å². The summed E-state index contributed by atoms with van der Waals surface area (Å²) in [7, 11) is 0. The van der Waals surface area contributed by atoms with Crippen molar-refractivity contribution in [2.24, 2.45) is 17.3 Å². The molecule has 0 aromatic heterocycles. The van der Waals surface area contributed by atoms with Gasteiger partial charge >= 0.3 is 12.1 Å². The summed E-state index contributed by atoms with van der Waals surface area (Å²) in [6, 6.07) is 7.72. The zero-order valence-corrected chi connectivity index (χ0v) is 22.1. The van der Waals surface area contributed by atoms with Gasteiger partial charge < -0.3 is 25.8 Å². The Balaban J connectivity index is 1.76. The summed E-state index contributed by atoms with van der Waals surface area (Å²) in [5, 5.41) is 17.7. The van der Waals surface area contributed by atoms with Crippen LogP contribution in [-0.4, -0.2) is 47.6 Å². The van der Waals surface area contributed by atoms with Crippen molar-refractivity contribution in [2.75, 3.05) is 6.54 Å². The van der Waals surface area contributed by atoms with Gasteiger partial charge in [0.2, 0.25) is 11.8 Å². The van der Waals surface area contributed by atoms with Crippen molar-refractivity contribution in [1.29, 1.82) is 0 Å². The number of hydrogen-bond acceptors (Lipinski definition) is 5. The van der Waals surface area contributed by atoms with Gasteiger partial charge in [-0.2, -0.15) is 0 Å². The van der Waals surface area contributed by atoms with E-state index >= 15 is 0 Å². The van der Waals surface area contributed by atoms with Crippen LogP contribution in [0.5, 0.6) is 0 Å². The molecule has 0 bridgehead atoms. The molecule has 37 heavy (non-hydrogen) atoms. The molecule has 1 saturated carbocycles. The Hall–Kier alpha value is -3.10. The molecule has 1 saturated heterocycles. The average molecular weight is 516 g/mol. The number of carboxylic acids is 1. The zero-order chi connectivity index (χ0) is 27.0. The van der Waals surface area contributed by atoms with Gasteiger partial charge in [-0.1, -0.05) is 83.2 Å². The van der Waals surface area contributed by atoms with Crippen LogP contribution in [-0.2, 0) is 19.1 Å². The van der Waals surface area contributed by atoms with E-state index in [1.54, 1.807) is 0 Å². The Bertz CT molecular complexity index is 939. The normalized spacial score (nSPS) is 20.8. The van der Waals surface area contributed by atoms with Crippen molar-refractivity contribution < 1.29 is 29.0 Å². The number of nitrogens with one attached hydrogen (secondary N) is 3. The highest BCUT2D eigenvalue weighted by molar-refractivity contribution is 5.88. The van der Waals surface area contributed by atoms with Crippen LogP contribution in [0.4, 0.5) is 4.79 Å². The number of benzene rings is 1. The summed E-state index contributed by atoms with van der Waals surface area (Å²) in [5.41, 5.74) is 0.467. The van der Waals surface area contributed by atoms with Gasteiger partial charge in [-0.15, -0.1) is 0 Å². The third-order valence-electron chi connectivity index (χ3n) is 7.32. The average Bonchev–Trinajstić information content (AvgIpc) is 3.27. The number of carbonyl (C=O) groups excluding carboxylic acids is 3. The second-order valence-electron chi connectivity index (χ2n) is 11.4. The molecule has 9 nitrogen and oxygen atoms in total. The van der Waals surface area contributed by atoms with E-state index in [0.717, 1.165) is 37.7 Å². The van der Waals surface area contributed by atoms with Gasteiger partial charge in [0.25, 0.3) is 0 Å². The number of rotatable bonds is 10. The number of alkyl carbamates (subject to hydrolysis) is 1. The first-order valence-corrected chi connectivity index (χ1v) is 13.4. The molecule has 1 aromatic rings. The van der Waals surface area contributed by atoms with Crippen molar-refractivity contribution in [3.63, 3.8) is 0 Å². The predicted octanol–water partition coefficient (Wildman–Crippen LogP) is 3.93. The summed E-state index contributed by atoms with van der Waals surface area (Å²) < 4.78 is 5.87. The molecule has 2 fully saturated rings.